The second kappa shape index (κ2) is 3.65. The number of imidazole rings is 1. The summed E-state index contributed by atoms with van der Waals surface area (Å²) in [5.41, 5.74) is 5.70. The summed E-state index contributed by atoms with van der Waals surface area (Å²) in [6.45, 7) is 1.88. The Morgan fingerprint density at radius 1 is 1.39 bits per heavy atom. The standard InChI is InChI=1S/C9H10N8O/c1-4(17-3-11-2-12-17)6-13-5-7(14-6)15-9(10)16-8(5)18/h2-4H,1H3,(H4,10,13,14,15,16,18). The third kappa shape index (κ3) is 1.52. The molecule has 0 spiro atoms. The normalized spacial score (nSPS) is 12.9. The number of aromatic amines is 2. The number of anilines is 1. The second-order valence-corrected chi connectivity index (χ2v) is 3.82. The molecule has 0 aliphatic rings. The van der Waals surface area contributed by atoms with Gasteiger partial charge in [0.15, 0.2) is 11.2 Å². The minimum Gasteiger partial charge on any atom is -0.369 e. The largest absolute Gasteiger partial charge is 0.369 e. The maximum atomic E-state index is 11.6. The lowest BCUT2D eigenvalue weighted by Crippen LogP contribution is -2.11. The zero-order valence-electron chi connectivity index (χ0n) is 9.45. The van der Waals surface area contributed by atoms with E-state index in [0.717, 1.165) is 0 Å². The summed E-state index contributed by atoms with van der Waals surface area (Å²) in [7, 11) is 0. The number of nitrogens with zero attached hydrogens (tertiary/aromatic N) is 5. The number of hydrogen-bond donors (Lipinski definition) is 3. The lowest BCUT2D eigenvalue weighted by atomic mass is 10.3. The summed E-state index contributed by atoms with van der Waals surface area (Å²) in [5, 5.41) is 4.02. The van der Waals surface area contributed by atoms with Crippen LogP contribution in [0.15, 0.2) is 17.4 Å². The number of nitrogens with one attached hydrogen (secondary N) is 2. The van der Waals surface area contributed by atoms with Crippen LogP contribution in [0.25, 0.3) is 11.2 Å². The minimum atomic E-state index is -0.345. The van der Waals surface area contributed by atoms with Crippen molar-refractivity contribution in [2.45, 2.75) is 13.0 Å². The van der Waals surface area contributed by atoms with Gasteiger partial charge in [0.25, 0.3) is 5.56 Å². The van der Waals surface area contributed by atoms with Crippen LogP contribution in [0.2, 0.25) is 0 Å². The van der Waals surface area contributed by atoms with E-state index in [1.807, 2.05) is 6.92 Å². The van der Waals surface area contributed by atoms with E-state index < -0.39 is 0 Å². The molecule has 0 aliphatic heterocycles. The molecule has 3 aromatic heterocycles. The van der Waals surface area contributed by atoms with E-state index in [4.69, 9.17) is 5.73 Å². The SMILES string of the molecule is CC(c1nc2nc(N)[nH]c(=O)c2[nH]1)n1cncn1. The van der Waals surface area contributed by atoms with Crippen molar-refractivity contribution in [3.05, 3.63) is 28.8 Å². The molecule has 18 heavy (non-hydrogen) atoms. The van der Waals surface area contributed by atoms with Gasteiger partial charge in [-0.2, -0.15) is 10.1 Å². The van der Waals surface area contributed by atoms with E-state index >= 15 is 0 Å². The molecule has 0 fully saturated rings. The lowest BCUT2D eigenvalue weighted by Gasteiger charge is -2.06. The predicted molar refractivity (Wildman–Crippen MR) is 62.8 cm³/mol. The summed E-state index contributed by atoms with van der Waals surface area (Å²) in [5.74, 6) is 0.609. The van der Waals surface area contributed by atoms with Crippen molar-refractivity contribution >= 4 is 17.1 Å². The smallest absolute Gasteiger partial charge is 0.278 e. The first-order valence-corrected chi connectivity index (χ1v) is 5.24. The highest BCUT2D eigenvalue weighted by molar-refractivity contribution is 5.70. The molecule has 9 nitrogen and oxygen atoms in total. The van der Waals surface area contributed by atoms with E-state index in [1.54, 1.807) is 11.0 Å². The van der Waals surface area contributed by atoms with Crippen LogP contribution >= 0.6 is 0 Å². The minimum absolute atomic E-state index is 0.0407. The molecule has 0 aliphatic carbocycles. The Hall–Kier alpha value is -2.71. The molecule has 3 aromatic rings. The van der Waals surface area contributed by atoms with E-state index in [2.05, 4.69) is 30.0 Å². The van der Waals surface area contributed by atoms with Crippen molar-refractivity contribution < 1.29 is 0 Å². The molecule has 1 atom stereocenters. The number of rotatable bonds is 2. The number of fused-ring (bicyclic) bond motifs is 1. The van der Waals surface area contributed by atoms with Crippen molar-refractivity contribution in [3.63, 3.8) is 0 Å². The van der Waals surface area contributed by atoms with E-state index in [-0.39, 0.29) is 17.5 Å². The fourth-order valence-corrected chi connectivity index (χ4v) is 1.68. The first-order chi connectivity index (χ1) is 8.65. The summed E-state index contributed by atoms with van der Waals surface area (Å²) in [6.07, 6.45) is 3.01. The van der Waals surface area contributed by atoms with Gasteiger partial charge in [-0.1, -0.05) is 0 Å². The molecule has 3 rings (SSSR count). The number of nitrogens with two attached hydrogens (primary N) is 1. The molecular weight excluding hydrogens is 236 g/mol. The van der Waals surface area contributed by atoms with Crippen LogP contribution in [0.3, 0.4) is 0 Å². The molecule has 3 heterocycles. The average molecular weight is 246 g/mol. The quantitative estimate of drug-likeness (QED) is 0.554. The molecular formula is C9H10N8O. The molecule has 1 unspecified atom stereocenters. The van der Waals surface area contributed by atoms with Gasteiger partial charge in [-0.15, -0.1) is 0 Å². The second-order valence-electron chi connectivity index (χ2n) is 3.82. The van der Waals surface area contributed by atoms with Crippen LogP contribution in [-0.2, 0) is 0 Å². The molecule has 4 N–H and O–H groups in total. The summed E-state index contributed by atoms with van der Waals surface area (Å²) < 4.78 is 1.62. The zero-order valence-corrected chi connectivity index (χ0v) is 9.45. The van der Waals surface area contributed by atoms with Crippen LogP contribution in [0.1, 0.15) is 18.8 Å². The van der Waals surface area contributed by atoms with Gasteiger partial charge in [0, 0.05) is 0 Å². The fourth-order valence-electron chi connectivity index (χ4n) is 1.68. The molecule has 0 aromatic carbocycles. The fraction of sp³-hybridized carbons (Fsp3) is 0.222. The number of aromatic nitrogens is 7. The monoisotopic (exact) mass is 246 g/mol. The first-order valence-electron chi connectivity index (χ1n) is 5.24. The lowest BCUT2D eigenvalue weighted by molar-refractivity contribution is 0.540. The maximum absolute atomic E-state index is 11.6. The van der Waals surface area contributed by atoms with Crippen molar-refractivity contribution in [1.82, 2.24) is 34.7 Å². The highest BCUT2D eigenvalue weighted by Gasteiger charge is 2.15. The van der Waals surface area contributed by atoms with E-state index in [9.17, 15) is 4.79 Å². The van der Waals surface area contributed by atoms with Gasteiger partial charge in [0.1, 0.15) is 24.5 Å². The van der Waals surface area contributed by atoms with Gasteiger partial charge in [-0.05, 0) is 6.92 Å². The van der Waals surface area contributed by atoms with Gasteiger partial charge in [0.05, 0.1) is 0 Å². The molecule has 0 saturated heterocycles. The highest BCUT2D eigenvalue weighted by Crippen LogP contribution is 2.15. The summed E-state index contributed by atoms with van der Waals surface area (Å²) in [4.78, 5) is 29.0. The molecule has 0 radical (unpaired) electrons. The van der Waals surface area contributed by atoms with E-state index in [1.165, 1.54) is 6.33 Å². The third-order valence-electron chi connectivity index (χ3n) is 2.63. The molecule has 0 amide bonds. The zero-order chi connectivity index (χ0) is 12.7. The first kappa shape index (κ1) is 10.4. The topological polar surface area (TPSA) is 131 Å². The van der Waals surface area contributed by atoms with Crippen LogP contribution in [-0.4, -0.2) is 34.7 Å². The predicted octanol–water partition coefficient (Wildman–Crippen LogP) is -0.571. The van der Waals surface area contributed by atoms with Crippen molar-refractivity contribution in [2.24, 2.45) is 0 Å². The Kier molecular flexibility index (Phi) is 2.12. The molecule has 0 bridgehead atoms. The van der Waals surface area contributed by atoms with Crippen LogP contribution < -0.4 is 11.3 Å². The van der Waals surface area contributed by atoms with Crippen LogP contribution in [0.5, 0.6) is 0 Å². The molecule has 0 saturated carbocycles. The summed E-state index contributed by atoms with van der Waals surface area (Å²) >= 11 is 0. The Balaban J connectivity index is 2.14. The highest BCUT2D eigenvalue weighted by atomic mass is 16.1. The Labute approximate surface area is 100 Å². The van der Waals surface area contributed by atoms with Gasteiger partial charge in [-0.3, -0.25) is 9.78 Å². The summed E-state index contributed by atoms with van der Waals surface area (Å²) in [6, 6.07) is -0.178. The van der Waals surface area contributed by atoms with Crippen molar-refractivity contribution in [2.75, 3.05) is 5.73 Å². The van der Waals surface area contributed by atoms with Gasteiger partial charge >= 0.3 is 0 Å². The Morgan fingerprint density at radius 3 is 2.94 bits per heavy atom. The number of H-pyrrole nitrogens is 2. The van der Waals surface area contributed by atoms with Crippen molar-refractivity contribution in [3.8, 4) is 0 Å². The van der Waals surface area contributed by atoms with Crippen LogP contribution in [0, 0.1) is 0 Å². The Morgan fingerprint density at radius 2 is 2.22 bits per heavy atom. The van der Waals surface area contributed by atoms with Gasteiger partial charge in [0.2, 0.25) is 5.95 Å². The maximum Gasteiger partial charge on any atom is 0.278 e. The van der Waals surface area contributed by atoms with Gasteiger partial charge in [-0.25, -0.2) is 14.6 Å². The molecule has 92 valence electrons. The van der Waals surface area contributed by atoms with Crippen molar-refractivity contribution in [1.29, 1.82) is 0 Å². The van der Waals surface area contributed by atoms with Crippen LogP contribution in [0.4, 0.5) is 5.95 Å². The average Bonchev–Trinajstić information content (AvgIpc) is 2.96. The third-order valence-corrected chi connectivity index (χ3v) is 2.63. The Bertz CT molecular complexity index is 740. The van der Waals surface area contributed by atoms with E-state index in [0.29, 0.717) is 17.0 Å². The molecule has 9 heteroatoms. The van der Waals surface area contributed by atoms with Gasteiger partial charge < -0.3 is 10.7 Å². The number of hydrogen-bond acceptors (Lipinski definition) is 6. The number of nitrogen functional groups attached to an aromatic ring is 1.